The van der Waals surface area contributed by atoms with E-state index in [1.165, 1.54) is 16.0 Å². The van der Waals surface area contributed by atoms with Crippen LogP contribution in [0.25, 0.3) is 11.1 Å². The number of rotatable bonds is 6. The van der Waals surface area contributed by atoms with Crippen molar-refractivity contribution in [2.75, 3.05) is 26.2 Å². The molecule has 34 heavy (non-hydrogen) atoms. The van der Waals surface area contributed by atoms with Crippen LogP contribution >= 0.6 is 0 Å². The SMILES string of the molecule is O=C(NC[C@@H]1C[C@@H]1C(=O)N1CC(O)CC(C(=O)O)C1)OCC1c2ccccc2-c2ccccc21. The van der Waals surface area contributed by atoms with Gasteiger partial charge in [0.2, 0.25) is 5.91 Å². The number of carboxylic acid groups (broad SMARTS) is 1. The number of aliphatic carboxylic acids is 1. The number of benzene rings is 2. The number of nitrogens with one attached hydrogen (secondary N) is 1. The molecule has 3 aliphatic rings. The van der Waals surface area contributed by atoms with Gasteiger partial charge in [0.25, 0.3) is 0 Å². The van der Waals surface area contributed by atoms with E-state index in [2.05, 4.69) is 29.6 Å². The van der Waals surface area contributed by atoms with Gasteiger partial charge in [-0.2, -0.15) is 0 Å². The number of aliphatic hydroxyl groups is 1. The van der Waals surface area contributed by atoms with Crippen LogP contribution in [0.2, 0.25) is 0 Å². The molecule has 2 fully saturated rings. The van der Waals surface area contributed by atoms with Gasteiger partial charge in [-0.3, -0.25) is 9.59 Å². The molecule has 1 saturated heterocycles. The minimum atomic E-state index is -0.999. The van der Waals surface area contributed by atoms with E-state index >= 15 is 0 Å². The zero-order valence-corrected chi connectivity index (χ0v) is 18.7. The molecule has 0 aromatic heterocycles. The van der Waals surface area contributed by atoms with Crippen LogP contribution in [0, 0.1) is 17.8 Å². The van der Waals surface area contributed by atoms with Crippen LogP contribution in [-0.4, -0.2) is 65.4 Å². The second-order valence-electron chi connectivity index (χ2n) is 9.48. The summed E-state index contributed by atoms with van der Waals surface area (Å²) in [4.78, 5) is 37.8. The zero-order valence-electron chi connectivity index (χ0n) is 18.7. The first-order chi connectivity index (χ1) is 16.4. The van der Waals surface area contributed by atoms with Crippen LogP contribution in [0.4, 0.5) is 4.79 Å². The molecule has 1 saturated carbocycles. The van der Waals surface area contributed by atoms with E-state index in [0.717, 1.165) is 11.1 Å². The maximum atomic E-state index is 12.7. The van der Waals surface area contributed by atoms with Gasteiger partial charge in [-0.25, -0.2) is 4.79 Å². The number of alkyl carbamates (subject to hydrolysis) is 1. The van der Waals surface area contributed by atoms with E-state index in [-0.39, 0.29) is 49.8 Å². The van der Waals surface area contributed by atoms with Gasteiger partial charge in [-0.05, 0) is 41.0 Å². The second-order valence-corrected chi connectivity index (χ2v) is 9.48. The smallest absolute Gasteiger partial charge is 0.407 e. The molecule has 0 radical (unpaired) electrons. The Balaban J connectivity index is 1.11. The highest BCUT2D eigenvalue weighted by molar-refractivity contribution is 5.83. The summed E-state index contributed by atoms with van der Waals surface area (Å²) >= 11 is 0. The monoisotopic (exact) mass is 464 g/mol. The van der Waals surface area contributed by atoms with Gasteiger partial charge in [0, 0.05) is 31.5 Å². The van der Waals surface area contributed by atoms with Crippen molar-refractivity contribution < 1.29 is 29.3 Å². The molecule has 0 spiro atoms. The summed E-state index contributed by atoms with van der Waals surface area (Å²) in [6.45, 7) is 0.834. The summed E-state index contributed by atoms with van der Waals surface area (Å²) in [7, 11) is 0. The molecular weight excluding hydrogens is 436 g/mol. The summed E-state index contributed by atoms with van der Waals surface area (Å²) in [5, 5.41) is 21.9. The number of nitrogens with zero attached hydrogens (tertiary/aromatic N) is 1. The van der Waals surface area contributed by atoms with Gasteiger partial charge in [0.15, 0.2) is 0 Å². The Morgan fingerprint density at radius 3 is 2.26 bits per heavy atom. The molecule has 1 aliphatic heterocycles. The van der Waals surface area contributed by atoms with Gasteiger partial charge in [0.05, 0.1) is 12.0 Å². The van der Waals surface area contributed by atoms with Crippen LogP contribution < -0.4 is 5.32 Å². The average Bonchev–Trinajstić information content (AvgIpc) is 3.55. The molecule has 3 N–H and O–H groups in total. The van der Waals surface area contributed by atoms with Crippen molar-refractivity contribution in [3.8, 4) is 11.1 Å². The van der Waals surface area contributed by atoms with Gasteiger partial charge in [-0.1, -0.05) is 48.5 Å². The van der Waals surface area contributed by atoms with Crippen molar-refractivity contribution in [1.29, 1.82) is 0 Å². The number of hydrogen-bond acceptors (Lipinski definition) is 5. The van der Waals surface area contributed by atoms with Crippen molar-refractivity contribution in [2.45, 2.75) is 24.9 Å². The maximum absolute atomic E-state index is 12.7. The molecule has 4 atom stereocenters. The topological polar surface area (TPSA) is 116 Å². The van der Waals surface area contributed by atoms with Crippen molar-refractivity contribution in [3.63, 3.8) is 0 Å². The maximum Gasteiger partial charge on any atom is 0.407 e. The predicted octanol–water partition coefficient (Wildman–Crippen LogP) is 2.46. The second kappa shape index (κ2) is 9.10. The number of piperidine rings is 1. The van der Waals surface area contributed by atoms with Crippen molar-refractivity contribution in [3.05, 3.63) is 59.7 Å². The molecule has 8 nitrogen and oxygen atoms in total. The van der Waals surface area contributed by atoms with Gasteiger partial charge in [0.1, 0.15) is 6.61 Å². The number of fused-ring (bicyclic) bond motifs is 3. The van der Waals surface area contributed by atoms with Crippen molar-refractivity contribution >= 4 is 18.0 Å². The largest absolute Gasteiger partial charge is 0.481 e. The summed E-state index contributed by atoms with van der Waals surface area (Å²) in [6.07, 6.45) is -0.544. The molecule has 2 unspecified atom stereocenters. The van der Waals surface area contributed by atoms with Crippen LogP contribution in [0.1, 0.15) is 29.9 Å². The first kappa shape index (κ1) is 22.4. The van der Waals surface area contributed by atoms with E-state index < -0.39 is 24.1 Å². The summed E-state index contributed by atoms with van der Waals surface area (Å²) in [5.41, 5.74) is 4.62. The quantitative estimate of drug-likeness (QED) is 0.605. The fourth-order valence-corrected chi connectivity index (χ4v) is 5.31. The number of aliphatic hydroxyl groups excluding tert-OH is 1. The average molecular weight is 465 g/mol. The Hall–Kier alpha value is -3.39. The van der Waals surface area contributed by atoms with Crippen LogP contribution in [0.3, 0.4) is 0 Å². The molecule has 1 heterocycles. The number of carbonyl (C=O) groups excluding carboxylic acids is 2. The van der Waals surface area contributed by atoms with E-state index in [4.69, 9.17) is 4.74 Å². The molecule has 178 valence electrons. The Morgan fingerprint density at radius 1 is 0.971 bits per heavy atom. The standard InChI is InChI=1S/C26H28N2O6/c29-17-9-16(25(31)32)12-28(13-17)24(30)22-10-15(22)11-27-26(33)34-14-23-20-7-3-1-5-18(20)19-6-2-4-8-21(19)23/h1-8,15-17,22-23,29H,9-14H2,(H,27,33)(H,31,32)/t15-,16?,17?,22-/m0/s1. The third-order valence-corrected chi connectivity index (χ3v) is 7.18. The summed E-state index contributed by atoms with van der Waals surface area (Å²) in [6, 6.07) is 16.3. The Kier molecular flexibility index (Phi) is 6.00. The number of likely N-dealkylation sites (tertiary alicyclic amines) is 1. The molecule has 2 aromatic carbocycles. The molecule has 8 heteroatoms. The summed E-state index contributed by atoms with van der Waals surface area (Å²) in [5.74, 6) is -2.17. The van der Waals surface area contributed by atoms with E-state index in [1.54, 1.807) is 0 Å². The Labute approximate surface area is 197 Å². The lowest BCUT2D eigenvalue weighted by atomic mass is 9.95. The fraction of sp³-hybridized carbons (Fsp3) is 0.423. The number of ether oxygens (including phenoxy) is 1. The molecule has 2 amide bonds. The van der Waals surface area contributed by atoms with E-state index in [9.17, 15) is 24.6 Å². The van der Waals surface area contributed by atoms with Crippen molar-refractivity contribution in [1.82, 2.24) is 10.2 Å². The molecule has 2 aliphatic carbocycles. The lowest BCUT2D eigenvalue weighted by Crippen LogP contribution is -2.49. The van der Waals surface area contributed by atoms with Gasteiger partial charge < -0.3 is 25.2 Å². The zero-order chi connectivity index (χ0) is 23.8. The van der Waals surface area contributed by atoms with Crippen molar-refractivity contribution in [2.24, 2.45) is 17.8 Å². The minimum Gasteiger partial charge on any atom is -0.481 e. The van der Waals surface area contributed by atoms with Gasteiger partial charge >= 0.3 is 12.1 Å². The Bertz CT molecular complexity index is 1070. The highest BCUT2D eigenvalue weighted by atomic mass is 16.5. The highest BCUT2D eigenvalue weighted by Gasteiger charge is 2.46. The molecule has 2 aromatic rings. The minimum absolute atomic E-state index is 0.00432. The lowest BCUT2D eigenvalue weighted by molar-refractivity contribution is -0.149. The third kappa shape index (κ3) is 4.37. The number of hydrogen-bond donors (Lipinski definition) is 3. The molecule has 5 rings (SSSR count). The molecule has 0 bridgehead atoms. The van der Waals surface area contributed by atoms with Crippen LogP contribution in [-0.2, 0) is 14.3 Å². The lowest BCUT2D eigenvalue weighted by Gasteiger charge is -2.34. The van der Waals surface area contributed by atoms with Crippen LogP contribution in [0.5, 0.6) is 0 Å². The number of amides is 2. The first-order valence-corrected chi connectivity index (χ1v) is 11.7. The number of carbonyl (C=O) groups is 3. The first-order valence-electron chi connectivity index (χ1n) is 11.7. The van der Waals surface area contributed by atoms with E-state index in [1.807, 2.05) is 24.3 Å². The summed E-state index contributed by atoms with van der Waals surface area (Å²) < 4.78 is 5.54. The normalized spacial score (nSPS) is 25.3. The highest BCUT2D eigenvalue weighted by Crippen LogP contribution is 2.44. The fourth-order valence-electron chi connectivity index (χ4n) is 5.31. The third-order valence-electron chi connectivity index (χ3n) is 7.18. The van der Waals surface area contributed by atoms with Crippen LogP contribution in [0.15, 0.2) is 48.5 Å². The Morgan fingerprint density at radius 2 is 1.62 bits per heavy atom. The molecular formula is C26H28N2O6. The number of carboxylic acids is 1. The number of β-amino-alcohol motifs (C(OH)–C–C–N with tert-alkyl or cyclic N) is 1. The predicted molar refractivity (Wildman–Crippen MR) is 123 cm³/mol. The van der Waals surface area contributed by atoms with Gasteiger partial charge in [-0.15, -0.1) is 0 Å². The van der Waals surface area contributed by atoms with E-state index in [0.29, 0.717) is 13.0 Å².